The van der Waals surface area contributed by atoms with Crippen molar-refractivity contribution in [3.05, 3.63) is 29.8 Å². The zero-order valence-corrected chi connectivity index (χ0v) is 10.4. The largest absolute Gasteiger partial charge is 0.491 e. The van der Waals surface area contributed by atoms with E-state index < -0.39 is 0 Å². The van der Waals surface area contributed by atoms with Crippen LogP contribution in [0.5, 0.6) is 5.75 Å². The number of hydrogen-bond acceptors (Lipinski definition) is 3. The Morgan fingerprint density at radius 3 is 2.31 bits per heavy atom. The van der Waals surface area contributed by atoms with Crippen LogP contribution in [0, 0.1) is 6.92 Å². The van der Waals surface area contributed by atoms with Crippen LogP contribution in [0.3, 0.4) is 0 Å². The minimum atomic E-state index is 0.608. The van der Waals surface area contributed by atoms with Gasteiger partial charge in [0.2, 0.25) is 0 Å². The molecule has 0 N–H and O–H groups in total. The molecule has 3 heteroatoms. The maximum atomic E-state index is 5.53. The van der Waals surface area contributed by atoms with Gasteiger partial charge in [-0.15, -0.1) is 0 Å². The lowest BCUT2D eigenvalue weighted by Crippen LogP contribution is -2.19. The summed E-state index contributed by atoms with van der Waals surface area (Å²) in [6.45, 7) is 5.02. The predicted molar refractivity (Wildman–Crippen MR) is 66.0 cm³/mol. The van der Waals surface area contributed by atoms with Gasteiger partial charge < -0.3 is 14.4 Å². The number of aryl methyl sites for hydroxylation is 1. The fourth-order valence-corrected chi connectivity index (χ4v) is 1.20. The van der Waals surface area contributed by atoms with E-state index in [2.05, 4.69) is 11.8 Å². The fraction of sp³-hybridized carbons (Fsp3) is 0.538. The Bertz CT molecular complexity index is 282. The summed E-state index contributed by atoms with van der Waals surface area (Å²) in [5, 5.41) is 0. The highest BCUT2D eigenvalue weighted by atomic mass is 16.5. The second-order valence-corrected chi connectivity index (χ2v) is 4.08. The lowest BCUT2D eigenvalue weighted by atomic mass is 10.2. The van der Waals surface area contributed by atoms with Gasteiger partial charge in [0.15, 0.2) is 0 Å². The second-order valence-electron chi connectivity index (χ2n) is 4.08. The van der Waals surface area contributed by atoms with Gasteiger partial charge in [-0.25, -0.2) is 0 Å². The summed E-state index contributed by atoms with van der Waals surface area (Å²) in [6.07, 6.45) is 0. The molecule has 0 unspecified atom stereocenters. The predicted octanol–water partition coefficient (Wildman–Crippen LogP) is 1.95. The lowest BCUT2D eigenvalue weighted by molar-refractivity contribution is 0.0890. The highest BCUT2D eigenvalue weighted by Crippen LogP contribution is 2.10. The molecule has 0 heterocycles. The van der Waals surface area contributed by atoms with Crippen molar-refractivity contribution < 1.29 is 9.47 Å². The van der Waals surface area contributed by atoms with Gasteiger partial charge in [-0.2, -0.15) is 0 Å². The maximum absolute atomic E-state index is 5.53. The molecule has 1 aromatic rings. The van der Waals surface area contributed by atoms with E-state index in [-0.39, 0.29) is 0 Å². The molecule has 0 saturated heterocycles. The molecule has 0 aliphatic heterocycles. The number of likely N-dealkylation sites (N-methyl/N-ethyl adjacent to an activating group) is 1. The van der Waals surface area contributed by atoms with Crippen molar-refractivity contribution in [3.63, 3.8) is 0 Å². The standard InChI is InChI=1S/C13H21NO2/c1-12-4-6-13(7-5-12)16-11-10-15-9-8-14(2)3/h4-7H,8-11H2,1-3H3. The summed E-state index contributed by atoms with van der Waals surface area (Å²) >= 11 is 0. The van der Waals surface area contributed by atoms with Crippen LogP contribution in [0.2, 0.25) is 0 Å². The van der Waals surface area contributed by atoms with E-state index in [0.29, 0.717) is 13.2 Å². The SMILES string of the molecule is Cc1ccc(OCCOCCN(C)C)cc1. The van der Waals surface area contributed by atoms with Gasteiger partial charge in [0, 0.05) is 6.54 Å². The Kier molecular flexibility index (Phi) is 5.90. The van der Waals surface area contributed by atoms with Gasteiger partial charge in [-0.3, -0.25) is 0 Å². The average Bonchev–Trinajstić information content (AvgIpc) is 2.25. The van der Waals surface area contributed by atoms with Gasteiger partial charge in [0.05, 0.1) is 13.2 Å². The van der Waals surface area contributed by atoms with Crippen molar-refractivity contribution in [1.82, 2.24) is 4.90 Å². The molecule has 90 valence electrons. The Hall–Kier alpha value is -1.06. The van der Waals surface area contributed by atoms with Gasteiger partial charge in [0.25, 0.3) is 0 Å². The second kappa shape index (κ2) is 7.25. The van der Waals surface area contributed by atoms with E-state index in [1.54, 1.807) is 0 Å². The minimum absolute atomic E-state index is 0.608. The Morgan fingerprint density at radius 1 is 1.00 bits per heavy atom. The topological polar surface area (TPSA) is 21.7 Å². The normalized spacial score (nSPS) is 10.8. The molecule has 0 bridgehead atoms. The van der Waals surface area contributed by atoms with Crippen LogP contribution in [0.1, 0.15) is 5.56 Å². The first-order valence-electron chi connectivity index (χ1n) is 5.60. The maximum Gasteiger partial charge on any atom is 0.119 e. The molecule has 1 rings (SSSR count). The molecule has 3 nitrogen and oxygen atoms in total. The van der Waals surface area contributed by atoms with Crippen LogP contribution in [0.15, 0.2) is 24.3 Å². The first-order chi connectivity index (χ1) is 7.68. The van der Waals surface area contributed by atoms with E-state index in [1.165, 1.54) is 5.56 Å². The highest BCUT2D eigenvalue weighted by Gasteiger charge is 1.94. The van der Waals surface area contributed by atoms with Crippen molar-refractivity contribution >= 4 is 0 Å². The van der Waals surface area contributed by atoms with E-state index in [9.17, 15) is 0 Å². The fourth-order valence-electron chi connectivity index (χ4n) is 1.20. The molecule has 16 heavy (non-hydrogen) atoms. The average molecular weight is 223 g/mol. The molecule has 0 aliphatic rings. The zero-order valence-electron chi connectivity index (χ0n) is 10.4. The third kappa shape index (κ3) is 5.73. The van der Waals surface area contributed by atoms with Crippen LogP contribution in [0.4, 0.5) is 0 Å². The smallest absolute Gasteiger partial charge is 0.119 e. The van der Waals surface area contributed by atoms with Crippen LogP contribution in [0.25, 0.3) is 0 Å². The highest BCUT2D eigenvalue weighted by molar-refractivity contribution is 5.26. The number of nitrogens with zero attached hydrogens (tertiary/aromatic N) is 1. The molecule has 0 saturated carbocycles. The molecule has 0 aromatic heterocycles. The van der Waals surface area contributed by atoms with Crippen molar-refractivity contribution in [3.8, 4) is 5.75 Å². The van der Waals surface area contributed by atoms with E-state index in [1.807, 2.05) is 38.4 Å². The third-order valence-electron chi connectivity index (χ3n) is 2.20. The summed E-state index contributed by atoms with van der Waals surface area (Å²) < 4.78 is 11.0. The number of rotatable bonds is 7. The van der Waals surface area contributed by atoms with Gasteiger partial charge in [-0.05, 0) is 33.2 Å². The zero-order chi connectivity index (χ0) is 11.8. The number of ether oxygens (including phenoxy) is 2. The van der Waals surface area contributed by atoms with Crippen molar-refractivity contribution in [2.45, 2.75) is 6.92 Å². The molecule has 0 fully saturated rings. The van der Waals surface area contributed by atoms with Gasteiger partial charge in [0.1, 0.15) is 12.4 Å². The summed E-state index contributed by atoms with van der Waals surface area (Å²) in [5.74, 6) is 0.904. The lowest BCUT2D eigenvalue weighted by Gasteiger charge is -2.10. The minimum Gasteiger partial charge on any atom is -0.491 e. The first-order valence-corrected chi connectivity index (χ1v) is 5.60. The summed E-state index contributed by atoms with van der Waals surface area (Å²) in [5.41, 5.74) is 1.24. The van der Waals surface area contributed by atoms with E-state index >= 15 is 0 Å². The van der Waals surface area contributed by atoms with Crippen LogP contribution in [-0.2, 0) is 4.74 Å². The first kappa shape index (κ1) is 13.0. The molecule has 1 aromatic carbocycles. The monoisotopic (exact) mass is 223 g/mol. The molecular weight excluding hydrogens is 202 g/mol. The van der Waals surface area contributed by atoms with Crippen LogP contribution < -0.4 is 4.74 Å². The summed E-state index contributed by atoms with van der Waals surface area (Å²) in [6, 6.07) is 8.05. The van der Waals surface area contributed by atoms with Crippen LogP contribution >= 0.6 is 0 Å². The quantitative estimate of drug-likeness (QED) is 0.659. The van der Waals surface area contributed by atoms with Crippen molar-refractivity contribution in [1.29, 1.82) is 0 Å². The van der Waals surface area contributed by atoms with Crippen LogP contribution in [-0.4, -0.2) is 45.4 Å². The molecule has 0 radical (unpaired) electrons. The molecular formula is C13H21NO2. The Balaban J connectivity index is 2.05. The van der Waals surface area contributed by atoms with E-state index in [4.69, 9.17) is 9.47 Å². The molecule has 0 atom stereocenters. The molecule has 0 spiro atoms. The number of benzene rings is 1. The van der Waals surface area contributed by atoms with E-state index in [0.717, 1.165) is 18.9 Å². The Labute approximate surface area is 98.0 Å². The summed E-state index contributed by atoms with van der Waals surface area (Å²) in [7, 11) is 4.07. The summed E-state index contributed by atoms with van der Waals surface area (Å²) in [4.78, 5) is 2.10. The molecule has 0 amide bonds. The van der Waals surface area contributed by atoms with Crippen molar-refractivity contribution in [2.75, 3.05) is 40.5 Å². The Morgan fingerprint density at radius 2 is 1.69 bits per heavy atom. The van der Waals surface area contributed by atoms with Gasteiger partial charge in [-0.1, -0.05) is 17.7 Å². The van der Waals surface area contributed by atoms with Gasteiger partial charge >= 0.3 is 0 Å². The third-order valence-corrected chi connectivity index (χ3v) is 2.20. The van der Waals surface area contributed by atoms with Crippen molar-refractivity contribution in [2.24, 2.45) is 0 Å². The molecule has 0 aliphatic carbocycles. The number of hydrogen-bond donors (Lipinski definition) is 0.